The van der Waals surface area contributed by atoms with Crippen LogP contribution in [0.4, 0.5) is 10.5 Å². The molecule has 8 nitrogen and oxygen atoms in total. The molecular formula is C24H30ClN3O5S. The van der Waals surface area contributed by atoms with Crippen LogP contribution in [0.25, 0.3) is 11.1 Å². The molecule has 1 fully saturated rings. The van der Waals surface area contributed by atoms with E-state index in [-0.39, 0.29) is 18.6 Å². The molecule has 3 rings (SSSR count). The topological polar surface area (TPSA) is 119 Å². The highest BCUT2D eigenvalue weighted by Gasteiger charge is 2.28. The van der Waals surface area contributed by atoms with Crippen LogP contribution in [0.2, 0.25) is 0 Å². The quantitative estimate of drug-likeness (QED) is 0.399. The lowest BCUT2D eigenvalue weighted by molar-refractivity contribution is -0.139. The number of anilines is 1. The SMILES string of the molecule is CSCC[C@H](NC(=O)c1ccc(N(C(=O)O)C2CCCCN2)cc1-c1ccccc1)C(=O)O.Cl. The molecule has 2 aromatic carbocycles. The number of benzene rings is 2. The number of carbonyl (C=O) groups excluding carboxylic acids is 1. The fourth-order valence-electron chi connectivity index (χ4n) is 3.94. The van der Waals surface area contributed by atoms with Gasteiger partial charge in [0.2, 0.25) is 0 Å². The first-order valence-electron chi connectivity index (χ1n) is 10.9. The predicted octanol–water partition coefficient (Wildman–Crippen LogP) is 4.30. The van der Waals surface area contributed by atoms with E-state index < -0.39 is 24.0 Å². The summed E-state index contributed by atoms with van der Waals surface area (Å²) in [5.74, 6) is -0.994. The number of piperidine rings is 1. The molecule has 0 saturated carbocycles. The van der Waals surface area contributed by atoms with E-state index in [0.29, 0.717) is 35.4 Å². The number of carboxylic acid groups (broad SMARTS) is 2. The van der Waals surface area contributed by atoms with Gasteiger partial charge in [-0.2, -0.15) is 11.8 Å². The number of hydrogen-bond donors (Lipinski definition) is 4. The van der Waals surface area contributed by atoms with Crippen LogP contribution in [-0.2, 0) is 4.79 Å². The summed E-state index contributed by atoms with van der Waals surface area (Å²) in [6, 6.07) is 13.0. The molecule has 1 heterocycles. The molecule has 34 heavy (non-hydrogen) atoms. The van der Waals surface area contributed by atoms with E-state index in [9.17, 15) is 24.6 Å². The van der Waals surface area contributed by atoms with E-state index in [1.807, 2.05) is 36.6 Å². The van der Waals surface area contributed by atoms with Crippen molar-refractivity contribution < 1.29 is 24.6 Å². The number of carboxylic acids is 1. The van der Waals surface area contributed by atoms with Crippen LogP contribution in [0.5, 0.6) is 0 Å². The van der Waals surface area contributed by atoms with E-state index >= 15 is 0 Å². The first kappa shape index (κ1) is 27.5. The smallest absolute Gasteiger partial charge is 0.413 e. The molecule has 2 aromatic rings. The second-order valence-electron chi connectivity index (χ2n) is 7.86. The molecular weight excluding hydrogens is 478 g/mol. The summed E-state index contributed by atoms with van der Waals surface area (Å²) >= 11 is 1.51. The van der Waals surface area contributed by atoms with Gasteiger partial charge in [0.15, 0.2) is 0 Å². The zero-order valence-electron chi connectivity index (χ0n) is 18.9. The van der Waals surface area contributed by atoms with Gasteiger partial charge >= 0.3 is 12.1 Å². The van der Waals surface area contributed by atoms with Crippen LogP contribution in [0.15, 0.2) is 48.5 Å². The Labute approximate surface area is 209 Å². The molecule has 0 aromatic heterocycles. The summed E-state index contributed by atoms with van der Waals surface area (Å²) in [7, 11) is 0. The maximum absolute atomic E-state index is 13.1. The molecule has 2 atom stereocenters. The second kappa shape index (κ2) is 13.2. The van der Waals surface area contributed by atoms with Crippen molar-refractivity contribution in [3.05, 3.63) is 54.1 Å². The molecule has 1 unspecified atom stereocenters. The summed E-state index contributed by atoms with van der Waals surface area (Å²) < 4.78 is 0. The van der Waals surface area contributed by atoms with Crippen molar-refractivity contribution in [3.8, 4) is 11.1 Å². The van der Waals surface area contributed by atoms with E-state index in [4.69, 9.17) is 0 Å². The fourth-order valence-corrected chi connectivity index (χ4v) is 4.41. The van der Waals surface area contributed by atoms with Gasteiger partial charge < -0.3 is 15.5 Å². The van der Waals surface area contributed by atoms with Crippen molar-refractivity contribution in [2.75, 3.05) is 23.5 Å². The molecule has 0 aliphatic carbocycles. The number of thioether (sulfide) groups is 1. The maximum Gasteiger partial charge on any atom is 0.413 e. The number of hydrogen-bond acceptors (Lipinski definition) is 5. The van der Waals surface area contributed by atoms with E-state index in [1.165, 1.54) is 16.7 Å². The monoisotopic (exact) mass is 507 g/mol. The zero-order chi connectivity index (χ0) is 23.8. The lowest BCUT2D eigenvalue weighted by Gasteiger charge is -2.33. The third-order valence-corrected chi connectivity index (χ3v) is 6.27. The third kappa shape index (κ3) is 6.88. The van der Waals surface area contributed by atoms with Crippen molar-refractivity contribution in [2.45, 2.75) is 37.9 Å². The van der Waals surface area contributed by atoms with Crippen LogP contribution in [0.3, 0.4) is 0 Å². The Morgan fingerprint density at radius 1 is 1.15 bits per heavy atom. The molecule has 0 radical (unpaired) electrons. The first-order valence-corrected chi connectivity index (χ1v) is 12.3. The van der Waals surface area contributed by atoms with Gasteiger partial charge in [-0.05, 0) is 73.6 Å². The van der Waals surface area contributed by atoms with Crippen molar-refractivity contribution in [2.24, 2.45) is 0 Å². The van der Waals surface area contributed by atoms with Crippen LogP contribution >= 0.6 is 24.2 Å². The Morgan fingerprint density at radius 2 is 1.88 bits per heavy atom. The van der Waals surface area contributed by atoms with Gasteiger partial charge in [-0.25, -0.2) is 9.59 Å². The highest BCUT2D eigenvalue weighted by molar-refractivity contribution is 7.98. The lowest BCUT2D eigenvalue weighted by atomic mass is 9.97. The molecule has 1 aliphatic heterocycles. The Kier molecular flexibility index (Phi) is 10.7. The molecule has 0 spiro atoms. The summed E-state index contributed by atoms with van der Waals surface area (Å²) in [5.41, 5.74) is 2.03. The molecule has 1 saturated heterocycles. The molecule has 4 N–H and O–H groups in total. The summed E-state index contributed by atoms with van der Waals surface area (Å²) in [6.07, 6.45) is 3.39. The number of halogens is 1. The molecule has 184 valence electrons. The minimum absolute atomic E-state index is 0. The third-order valence-electron chi connectivity index (χ3n) is 5.63. The van der Waals surface area contributed by atoms with Gasteiger partial charge in [-0.3, -0.25) is 15.0 Å². The van der Waals surface area contributed by atoms with Crippen molar-refractivity contribution in [1.29, 1.82) is 0 Å². The fraction of sp³-hybridized carbons (Fsp3) is 0.375. The summed E-state index contributed by atoms with van der Waals surface area (Å²) in [4.78, 5) is 38.2. The number of nitrogens with one attached hydrogen (secondary N) is 2. The van der Waals surface area contributed by atoms with E-state index in [0.717, 1.165) is 24.9 Å². The van der Waals surface area contributed by atoms with Gasteiger partial charge in [0.25, 0.3) is 5.91 Å². The van der Waals surface area contributed by atoms with Gasteiger partial charge in [0.05, 0.1) is 6.17 Å². The Balaban J connectivity index is 0.00000408. The van der Waals surface area contributed by atoms with E-state index in [2.05, 4.69) is 10.6 Å². The first-order chi connectivity index (χ1) is 15.9. The van der Waals surface area contributed by atoms with Gasteiger partial charge in [0, 0.05) is 11.3 Å². The van der Waals surface area contributed by atoms with Crippen LogP contribution in [0, 0.1) is 0 Å². The minimum Gasteiger partial charge on any atom is -0.480 e. The van der Waals surface area contributed by atoms with Crippen molar-refractivity contribution in [3.63, 3.8) is 0 Å². The Bertz CT molecular complexity index is 986. The number of carbonyl (C=O) groups is 3. The van der Waals surface area contributed by atoms with Crippen LogP contribution < -0.4 is 15.5 Å². The molecule has 2 amide bonds. The van der Waals surface area contributed by atoms with Crippen molar-refractivity contribution >= 4 is 47.8 Å². The molecule has 10 heteroatoms. The van der Waals surface area contributed by atoms with Gasteiger partial charge in [0.1, 0.15) is 6.04 Å². The Morgan fingerprint density at radius 3 is 2.47 bits per heavy atom. The highest BCUT2D eigenvalue weighted by Crippen LogP contribution is 2.31. The minimum atomic E-state index is -1.09. The standard InChI is InChI=1S/C24H29N3O5S.ClH/c1-33-14-12-20(23(29)30)26-22(28)18-11-10-17(15-19(18)16-7-3-2-4-8-16)27(24(31)32)21-9-5-6-13-25-21;/h2-4,7-8,10-11,15,20-21,25H,5-6,9,12-14H2,1H3,(H,26,28)(H,29,30)(H,31,32);1H/t20-,21?;/m0./s1. The normalized spacial score (nSPS) is 16.1. The zero-order valence-corrected chi connectivity index (χ0v) is 20.5. The summed E-state index contributed by atoms with van der Waals surface area (Å²) in [6.45, 7) is 0.743. The predicted molar refractivity (Wildman–Crippen MR) is 137 cm³/mol. The largest absolute Gasteiger partial charge is 0.480 e. The Hall–Kier alpha value is -2.75. The second-order valence-corrected chi connectivity index (χ2v) is 8.85. The van der Waals surface area contributed by atoms with E-state index in [1.54, 1.807) is 18.2 Å². The average Bonchev–Trinajstić information content (AvgIpc) is 2.82. The summed E-state index contributed by atoms with van der Waals surface area (Å²) in [5, 5.41) is 25.3. The number of rotatable bonds is 9. The number of amides is 2. The molecule has 0 bridgehead atoms. The number of nitrogens with zero attached hydrogens (tertiary/aromatic N) is 1. The average molecular weight is 508 g/mol. The lowest BCUT2D eigenvalue weighted by Crippen LogP contribution is -2.50. The van der Waals surface area contributed by atoms with Gasteiger partial charge in [-0.15, -0.1) is 12.4 Å². The molecule has 1 aliphatic rings. The van der Waals surface area contributed by atoms with Crippen molar-refractivity contribution in [1.82, 2.24) is 10.6 Å². The van der Waals surface area contributed by atoms with Crippen LogP contribution in [-0.4, -0.2) is 58.9 Å². The highest BCUT2D eigenvalue weighted by atomic mass is 35.5. The number of aliphatic carboxylic acids is 1. The van der Waals surface area contributed by atoms with Crippen LogP contribution in [0.1, 0.15) is 36.0 Å². The van der Waals surface area contributed by atoms with Gasteiger partial charge in [-0.1, -0.05) is 30.3 Å². The maximum atomic E-state index is 13.1.